The van der Waals surface area contributed by atoms with Gasteiger partial charge in [0, 0.05) is 12.0 Å². The molecule has 2 rings (SSSR count). The Morgan fingerprint density at radius 2 is 1.48 bits per heavy atom. The number of carboxylic acids is 1. The fourth-order valence-electron chi connectivity index (χ4n) is 2.61. The van der Waals surface area contributed by atoms with Crippen molar-refractivity contribution in [3.05, 3.63) is 57.6 Å². The van der Waals surface area contributed by atoms with E-state index in [9.17, 15) is 15.0 Å². The van der Waals surface area contributed by atoms with Gasteiger partial charge in [-0.25, -0.2) is 9.68 Å². The van der Waals surface area contributed by atoms with E-state index in [1.807, 2.05) is 6.92 Å². The summed E-state index contributed by atoms with van der Waals surface area (Å²) in [6.45, 7) is 3.39. The first-order valence-corrected chi connectivity index (χ1v) is 6.97. The summed E-state index contributed by atoms with van der Waals surface area (Å²) in [7, 11) is 0. The predicted molar refractivity (Wildman–Crippen MR) is 82.9 cm³/mol. The maximum absolute atomic E-state index is 11.2. The van der Waals surface area contributed by atoms with E-state index in [0.717, 1.165) is 5.56 Å². The molecule has 0 unspecified atom stereocenters. The Hall–Kier alpha value is -2.57. The van der Waals surface area contributed by atoms with Crippen LogP contribution in [0.2, 0.25) is 0 Å². The van der Waals surface area contributed by atoms with Crippen LogP contribution in [0.3, 0.4) is 0 Å². The molecule has 0 fully saturated rings. The predicted octanol–water partition coefficient (Wildman–Crippen LogP) is 2.99. The number of carboxylic acid groups (broad SMARTS) is 1. The fraction of sp³-hybridized carbons (Fsp3) is 0.235. The van der Waals surface area contributed by atoms with E-state index in [0.29, 0.717) is 22.3 Å². The number of aromatic hydroxyl groups is 2. The second-order valence-electron chi connectivity index (χ2n) is 5.51. The first-order valence-electron chi connectivity index (χ1n) is 6.97. The molecule has 0 saturated carbocycles. The average molecular weight is 318 g/mol. The van der Waals surface area contributed by atoms with Gasteiger partial charge < -0.3 is 15.3 Å². The molecule has 6 nitrogen and oxygen atoms in total. The number of hydrogen-bond donors (Lipinski definition) is 4. The molecular weight excluding hydrogens is 300 g/mol. The van der Waals surface area contributed by atoms with Crippen molar-refractivity contribution in [2.24, 2.45) is 0 Å². The Kier molecular flexibility index (Phi) is 4.88. The van der Waals surface area contributed by atoms with E-state index in [1.165, 1.54) is 6.07 Å². The van der Waals surface area contributed by atoms with Crippen LogP contribution in [-0.2, 0) is 17.9 Å². The highest BCUT2D eigenvalue weighted by molar-refractivity contribution is 5.91. The quantitative estimate of drug-likeness (QED) is 0.499. The molecule has 2 aromatic rings. The lowest BCUT2D eigenvalue weighted by Crippen LogP contribution is -2.02. The summed E-state index contributed by atoms with van der Waals surface area (Å²) in [5.74, 6) is -1.58. The summed E-state index contributed by atoms with van der Waals surface area (Å²) in [4.78, 5) is 15.3. The average Bonchev–Trinajstić information content (AvgIpc) is 2.47. The van der Waals surface area contributed by atoms with Crippen LogP contribution in [0.15, 0.2) is 24.3 Å². The van der Waals surface area contributed by atoms with Crippen molar-refractivity contribution in [1.29, 1.82) is 0 Å². The summed E-state index contributed by atoms with van der Waals surface area (Å²) < 4.78 is 0. The lowest BCUT2D eigenvalue weighted by atomic mass is 9.95. The smallest absolute Gasteiger partial charge is 0.339 e. The number of aromatic carboxylic acids is 1. The molecule has 0 aromatic heterocycles. The number of aryl methyl sites for hydroxylation is 2. The number of carbonyl (C=O) groups is 1. The molecule has 4 N–H and O–H groups in total. The zero-order valence-electron chi connectivity index (χ0n) is 12.8. The van der Waals surface area contributed by atoms with Crippen molar-refractivity contribution in [2.45, 2.75) is 26.9 Å². The van der Waals surface area contributed by atoms with E-state index in [-0.39, 0.29) is 30.1 Å². The zero-order chi connectivity index (χ0) is 17.1. The van der Waals surface area contributed by atoms with Gasteiger partial charge in [0.1, 0.15) is 23.7 Å². The third-order valence-electron chi connectivity index (χ3n) is 3.58. The van der Waals surface area contributed by atoms with E-state index >= 15 is 0 Å². The lowest BCUT2D eigenvalue weighted by Gasteiger charge is -2.13. The number of rotatable bonds is 5. The Labute approximate surface area is 133 Å². The highest BCUT2D eigenvalue weighted by Gasteiger charge is 2.17. The molecule has 0 spiro atoms. The third-order valence-corrected chi connectivity index (χ3v) is 3.58. The van der Waals surface area contributed by atoms with E-state index in [4.69, 9.17) is 10.4 Å². The van der Waals surface area contributed by atoms with Gasteiger partial charge in [-0.05, 0) is 42.7 Å². The minimum Gasteiger partial charge on any atom is -0.507 e. The second kappa shape index (κ2) is 6.68. The molecule has 0 atom stereocenters. The summed E-state index contributed by atoms with van der Waals surface area (Å²) in [6.07, 6.45) is 0.153. The normalized spacial score (nSPS) is 10.7. The molecule has 0 bridgehead atoms. The molecule has 0 heterocycles. The molecule has 23 heavy (non-hydrogen) atoms. The lowest BCUT2D eigenvalue weighted by molar-refractivity contribution is -0.253. The molecule has 0 saturated heterocycles. The molecule has 0 amide bonds. The van der Waals surface area contributed by atoms with Crippen molar-refractivity contribution in [3.8, 4) is 11.5 Å². The number of hydrogen-bond acceptors (Lipinski definition) is 5. The SMILES string of the molecule is Cc1cc(COO)c(O)c(Cc2cc(C)cc(C(=O)O)c2O)c1. The van der Waals surface area contributed by atoms with Gasteiger partial charge in [-0.3, -0.25) is 5.26 Å². The van der Waals surface area contributed by atoms with Crippen LogP contribution in [0.4, 0.5) is 0 Å². The van der Waals surface area contributed by atoms with Gasteiger partial charge in [0.2, 0.25) is 0 Å². The van der Waals surface area contributed by atoms with Gasteiger partial charge in [0.05, 0.1) is 0 Å². The van der Waals surface area contributed by atoms with E-state index < -0.39 is 5.97 Å². The molecule has 122 valence electrons. The number of phenols is 2. The third kappa shape index (κ3) is 3.61. The molecule has 2 aromatic carbocycles. The van der Waals surface area contributed by atoms with E-state index in [1.54, 1.807) is 25.1 Å². The Bertz CT molecular complexity index is 751. The summed E-state index contributed by atoms with van der Waals surface area (Å²) in [6, 6.07) is 6.47. The minimum absolute atomic E-state index is 0.0533. The molecule has 6 heteroatoms. The van der Waals surface area contributed by atoms with Crippen LogP contribution in [-0.4, -0.2) is 26.5 Å². The van der Waals surface area contributed by atoms with Gasteiger partial charge >= 0.3 is 5.97 Å². The van der Waals surface area contributed by atoms with Crippen molar-refractivity contribution in [1.82, 2.24) is 0 Å². The topological polar surface area (TPSA) is 107 Å². The second-order valence-corrected chi connectivity index (χ2v) is 5.51. The summed E-state index contributed by atoms with van der Waals surface area (Å²) in [5.41, 5.74) is 2.68. The molecular formula is C17H18O6. The van der Waals surface area contributed by atoms with Crippen molar-refractivity contribution in [3.63, 3.8) is 0 Å². The van der Waals surface area contributed by atoms with E-state index in [2.05, 4.69) is 4.89 Å². The Morgan fingerprint density at radius 1 is 0.957 bits per heavy atom. The Morgan fingerprint density at radius 3 is 2.04 bits per heavy atom. The standard InChI is InChI=1S/C17H18O6/c1-9-3-11(15(18)13(5-9)8-23-22)7-12-4-10(2)6-14(16(12)19)17(20)21/h3-6,18-19,22H,7-8H2,1-2H3,(H,20,21). The highest BCUT2D eigenvalue weighted by atomic mass is 17.1. The largest absolute Gasteiger partial charge is 0.507 e. The van der Waals surface area contributed by atoms with Crippen molar-refractivity contribution in [2.75, 3.05) is 0 Å². The highest BCUT2D eigenvalue weighted by Crippen LogP contribution is 2.32. The zero-order valence-corrected chi connectivity index (χ0v) is 12.8. The summed E-state index contributed by atoms with van der Waals surface area (Å²) >= 11 is 0. The maximum Gasteiger partial charge on any atom is 0.339 e. The van der Waals surface area contributed by atoms with Gasteiger partial charge in [0.15, 0.2) is 0 Å². The van der Waals surface area contributed by atoms with Crippen LogP contribution in [0.1, 0.15) is 38.2 Å². The monoisotopic (exact) mass is 318 g/mol. The maximum atomic E-state index is 11.2. The van der Waals surface area contributed by atoms with Crippen LogP contribution in [0.25, 0.3) is 0 Å². The molecule has 0 radical (unpaired) electrons. The van der Waals surface area contributed by atoms with Gasteiger partial charge in [-0.1, -0.05) is 17.7 Å². The molecule has 0 aliphatic heterocycles. The van der Waals surface area contributed by atoms with Gasteiger partial charge in [-0.15, -0.1) is 0 Å². The molecule has 0 aliphatic rings. The first kappa shape index (κ1) is 16.8. The van der Waals surface area contributed by atoms with Crippen LogP contribution < -0.4 is 0 Å². The number of benzene rings is 2. The van der Waals surface area contributed by atoms with Gasteiger partial charge in [0.25, 0.3) is 0 Å². The van der Waals surface area contributed by atoms with Crippen LogP contribution >= 0.6 is 0 Å². The summed E-state index contributed by atoms with van der Waals surface area (Å²) in [5, 5.41) is 38.1. The van der Waals surface area contributed by atoms with Crippen LogP contribution in [0, 0.1) is 13.8 Å². The first-order chi connectivity index (χ1) is 10.8. The number of phenolic OH excluding ortho intramolecular Hbond substituents is 1. The molecule has 0 aliphatic carbocycles. The van der Waals surface area contributed by atoms with Crippen molar-refractivity contribution < 1.29 is 30.3 Å². The van der Waals surface area contributed by atoms with Crippen molar-refractivity contribution >= 4 is 5.97 Å². The Balaban J connectivity index is 2.49. The minimum atomic E-state index is -1.21. The van der Waals surface area contributed by atoms with Crippen LogP contribution in [0.5, 0.6) is 11.5 Å². The fourth-order valence-corrected chi connectivity index (χ4v) is 2.61. The van der Waals surface area contributed by atoms with Gasteiger partial charge in [-0.2, -0.15) is 0 Å².